The maximum atomic E-state index is 6.02. The Bertz CT molecular complexity index is 1010. The molecule has 2 aliphatic rings. The van der Waals surface area contributed by atoms with E-state index in [1.165, 1.54) is 0 Å². The number of hydrogen-bond donors (Lipinski definition) is 1. The molecule has 4 heterocycles. The number of aromatic nitrogens is 4. The Kier molecular flexibility index (Phi) is 5.58. The van der Waals surface area contributed by atoms with Crippen LogP contribution >= 0.6 is 15.9 Å². The van der Waals surface area contributed by atoms with Gasteiger partial charge in [0.25, 0.3) is 0 Å². The van der Waals surface area contributed by atoms with Crippen molar-refractivity contribution in [1.82, 2.24) is 24.4 Å². The Balaban J connectivity index is 1.56. The van der Waals surface area contributed by atoms with Gasteiger partial charge in [0.05, 0.1) is 6.33 Å². The molecule has 1 N–H and O–H groups in total. The van der Waals surface area contributed by atoms with Crippen molar-refractivity contribution in [3.8, 4) is 0 Å². The summed E-state index contributed by atoms with van der Waals surface area (Å²) < 4.78 is 9.13. The fourth-order valence-corrected chi connectivity index (χ4v) is 4.23. The lowest BCUT2D eigenvalue weighted by molar-refractivity contribution is -0.0298. The van der Waals surface area contributed by atoms with Crippen molar-refractivity contribution in [1.29, 1.82) is 0 Å². The maximum Gasteiger partial charge on any atom is 0.229 e. The summed E-state index contributed by atoms with van der Waals surface area (Å²) in [6.45, 7) is 4.61. The molecule has 30 heavy (non-hydrogen) atoms. The van der Waals surface area contributed by atoms with E-state index in [0.29, 0.717) is 0 Å². The summed E-state index contributed by atoms with van der Waals surface area (Å²) in [7, 11) is 2.15. The van der Waals surface area contributed by atoms with Crippen molar-refractivity contribution in [3.63, 3.8) is 0 Å². The molecular formula is C21H26BrN7O. The van der Waals surface area contributed by atoms with Gasteiger partial charge in [-0.1, -0.05) is 15.9 Å². The van der Waals surface area contributed by atoms with Gasteiger partial charge in [0.15, 0.2) is 17.0 Å². The largest absolute Gasteiger partial charge is 0.358 e. The van der Waals surface area contributed by atoms with Gasteiger partial charge in [0.1, 0.15) is 6.23 Å². The number of rotatable bonds is 4. The molecule has 1 unspecified atom stereocenters. The third-order valence-corrected chi connectivity index (χ3v) is 6.30. The molecule has 1 atom stereocenters. The predicted molar refractivity (Wildman–Crippen MR) is 121 cm³/mol. The van der Waals surface area contributed by atoms with Gasteiger partial charge in [-0.25, -0.2) is 4.98 Å². The van der Waals surface area contributed by atoms with Crippen molar-refractivity contribution < 1.29 is 4.74 Å². The van der Waals surface area contributed by atoms with E-state index < -0.39 is 0 Å². The number of hydrogen-bond acceptors (Lipinski definition) is 7. The molecule has 0 bridgehead atoms. The number of anilines is 3. The molecule has 5 rings (SSSR count). The third kappa shape index (κ3) is 4.01. The lowest BCUT2D eigenvalue weighted by Crippen LogP contribution is -2.45. The summed E-state index contributed by atoms with van der Waals surface area (Å²) in [6, 6.07) is 8.07. The second-order valence-corrected chi connectivity index (χ2v) is 8.86. The fourth-order valence-electron chi connectivity index (χ4n) is 3.96. The topological polar surface area (TPSA) is 71.3 Å². The van der Waals surface area contributed by atoms with E-state index in [-0.39, 0.29) is 6.23 Å². The van der Waals surface area contributed by atoms with Crippen LogP contribution in [0.2, 0.25) is 0 Å². The number of fused-ring (bicyclic) bond motifs is 1. The number of imidazole rings is 1. The SMILES string of the molecule is CN1CCN(c2nc(Nc3ccc(Br)cc3)c3ncn(C4CCCCO4)c3n2)CC1. The van der Waals surface area contributed by atoms with Gasteiger partial charge >= 0.3 is 0 Å². The lowest BCUT2D eigenvalue weighted by atomic mass is 10.2. The highest BCUT2D eigenvalue weighted by molar-refractivity contribution is 9.10. The minimum Gasteiger partial charge on any atom is -0.358 e. The molecule has 9 heteroatoms. The van der Waals surface area contributed by atoms with Crippen LogP contribution in [0.3, 0.4) is 0 Å². The van der Waals surface area contributed by atoms with Gasteiger partial charge in [-0.05, 0) is 50.6 Å². The number of piperazine rings is 1. The van der Waals surface area contributed by atoms with Crippen molar-refractivity contribution in [2.24, 2.45) is 0 Å². The van der Waals surface area contributed by atoms with E-state index in [0.717, 1.165) is 85.1 Å². The Morgan fingerprint density at radius 3 is 2.60 bits per heavy atom. The quantitative estimate of drug-likeness (QED) is 0.620. The minimum absolute atomic E-state index is 0.0143. The average molecular weight is 472 g/mol. The molecule has 2 saturated heterocycles. The highest BCUT2D eigenvalue weighted by Gasteiger charge is 2.24. The van der Waals surface area contributed by atoms with Crippen molar-refractivity contribution in [3.05, 3.63) is 35.1 Å². The zero-order valence-corrected chi connectivity index (χ0v) is 18.7. The summed E-state index contributed by atoms with van der Waals surface area (Å²) in [5.41, 5.74) is 2.56. The fraction of sp³-hybridized carbons (Fsp3) is 0.476. The van der Waals surface area contributed by atoms with Crippen molar-refractivity contribution >= 4 is 44.5 Å². The van der Waals surface area contributed by atoms with Crippen LogP contribution < -0.4 is 10.2 Å². The van der Waals surface area contributed by atoms with Gasteiger partial charge in [0.2, 0.25) is 5.95 Å². The number of likely N-dealkylation sites (N-methyl/N-ethyl adjacent to an activating group) is 1. The van der Waals surface area contributed by atoms with E-state index in [9.17, 15) is 0 Å². The zero-order valence-electron chi connectivity index (χ0n) is 17.1. The molecule has 0 amide bonds. The molecule has 3 aromatic rings. The average Bonchev–Trinajstić information content (AvgIpc) is 3.21. The predicted octanol–water partition coefficient (Wildman–Crippen LogP) is 3.78. The molecule has 8 nitrogen and oxygen atoms in total. The first-order valence-electron chi connectivity index (χ1n) is 10.5. The number of halogens is 1. The monoisotopic (exact) mass is 471 g/mol. The van der Waals surface area contributed by atoms with Crippen LogP contribution in [0, 0.1) is 0 Å². The number of benzene rings is 1. The molecule has 0 aliphatic carbocycles. The molecular weight excluding hydrogens is 446 g/mol. The molecule has 158 valence electrons. The van der Waals surface area contributed by atoms with Crippen LogP contribution in [0.1, 0.15) is 25.5 Å². The maximum absolute atomic E-state index is 6.02. The van der Waals surface area contributed by atoms with E-state index >= 15 is 0 Å². The van der Waals surface area contributed by atoms with Gasteiger partial charge < -0.3 is 19.9 Å². The summed E-state index contributed by atoms with van der Waals surface area (Å²) in [5.74, 6) is 1.47. The number of nitrogens with one attached hydrogen (secondary N) is 1. The van der Waals surface area contributed by atoms with E-state index in [1.54, 1.807) is 0 Å². The number of ether oxygens (including phenoxy) is 1. The van der Waals surface area contributed by atoms with Crippen LogP contribution in [-0.2, 0) is 4.74 Å². The Morgan fingerprint density at radius 2 is 1.87 bits per heavy atom. The molecule has 1 aromatic carbocycles. The van der Waals surface area contributed by atoms with Crippen LogP contribution in [0.25, 0.3) is 11.2 Å². The highest BCUT2D eigenvalue weighted by atomic mass is 79.9. The summed E-state index contributed by atoms with van der Waals surface area (Å²) in [6.07, 6.45) is 5.08. The second-order valence-electron chi connectivity index (χ2n) is 7.94. The molecule has 2 aromatic heterocycles. The van der Waals surface area contributed by atoms with Gasteiger partial charge in [0, 0.05) is 42.9 Å². The summed E-state index contributed by atoms with van der Waals surface area (Å²) in [4.78, 5) is 19.1. The first kappa shape index (κ1) is 19.7. The van der Waals surface area contributed by atoms with Crippen LogP contribution in [0.5, 0.6) is 0 Å². The summed E-state index contributed by atoms with van der Waals surface area (Å²) in [5, 5.41) is 3.45. The van der Waals surface area contributed by atoms with E-state index in [2.05, 4.69) is 47.6 Å². The standard InChI is InChI=1S/C21H26BrN7O/c1-27-9-11-28(12-10-27)21-25-19(24-16-7-5-15(22)6-8-16)18-20(26-21)29(14-23-18)17-4-2-3-13-30-17/h5-8,14,17H,2-4,9-13H2,1H3,(H,24,25,26). The smallest absolute Gasteiger partial charge is 0.229 e. The van der Waals surface area contributed by atoms with Crippen LogP contribution in [0.15, 0.2) is 35.1 Å². The van der Waals surface area contributed by atoms with Gasteiger partial charge in [-0.2, -0.15) is 9.97 Å². The molecule has 2 aliphatic heterocycles. The first-order valence-corrected chi connectivity index (χ1v) is 11.3. The zero-order chi connectivity index (χ0) is 20.5. The second kappa shape index (κ2) is 8.49. The Hall–Kier alpha value is -2.23. The van der Waals surface area contributed by atoms with Crippen molar-refractivity contribution in [2.45, 2.75) is 25.5 Å². The summed E-state index contributed by atoms with van der Waals surface area (Å²) >= 11 is 3.49. The van der Waals surface area contributed by atoms with Crippen LogP contribution in [-0.4, -0.2) is 64.3 Å². The van der Waals surface area contributed by atoms with Crippen molar-refractivity contribution in [2.75, 3.05) is 50.1 Å². The lowest BCUT2D eigenvalue weighted by Gasteiger charge is -2.32. The molecule has 0 spiro atoms. The normalized spacial score (nSPS) is 20.6. The van der Waals surface area contributed by atoms with E-state index in [1.807, 2.05) is 30.6 Å². The Labute approximate surface area is 184 Å². The molecule has 0 radical (unpaired) electrons. The van der Waals surface area contributed by atoms with Gasteiger partial charge in [-0.15, -0.1) is 0 Å². The number of nitrogens with zero attached hydrogens (tertiary/aromatic N) is 6. The van der Waals surface area contributed by atoms with E-state index in [4.69, 9.17) is 14.7 Å². The minimum atomic E-state index is -0.0143. The molecule has 2 fully saturated rings. The highest BCUT2D eigenvalue weighted by Crippen LogP contribution is 2.31. The first-order chi connectivity index (χ1) is 14.7. The third-order valence-electron chi connectivity index (χ3n) is 5.77. The molecule has 0 saturated carbocycles. The van der Waals surface area contributed by atoms with Gasteiger partial charge in [-0.3, -0.25) is 4.57 Å². The van der Waals surface area contributed by atoms with Crippen LogP contribution in [0.4, 0.5) is 17.5 Å². The Morgan fingerprint density at radius 1 is 1.07 bits per heavy atom.